The van der Waals surface area contributed by atoms with Gasteiger partial charge in [0.25, 0.3) is 5.09 Å². The maximum atomic E-state index is 8.36. The van der Waals surface area contributed by atoms with Gasteiger partial charge in [-0.1, -0.05) is 0 Å². The van der Waals surface area contributed by atoms with Crippen molar-refractivity contribution in [2.75, 3.05) is 0 Å². The maximum absolute atomic E-state index is 8.36. The molecule has 0 radical (unpaired) electrons. The Morgan fingerprint density at radius 2 is 1.83 bits per heavy atom. The van der Waals surface area contributed by atoms with Crippen LogP contribution in [0.15, 0.2) is 0 Å². The molecule has 0 aromatic rings. The Hall–Kier alpha value is 1.32. The molecule has 0 aliphatic heterocycles. The molecular formula is H3MgNNdO3. The van der Waals surface area contributed by atoms with Gasteiger partial charge in [-0.3, -0.25) is 0 Å². The minimum absolute atomic E-state index is 0. The topological polar surface area (TPSA) is 63.4 Å². The van der Waals surface area contributed by atoms with Crippen molar-refractivity contribution < 1.29 is 54.0 Å². The molecule has 0 rings (SSSR count). The van der Waals surface area contributed by atoms with Crippen molar-refractivity contribution in [2.45, 2.75) is 0 Å². The van der Waals surface area contributed by atoms with E-state index in [4.69, 9.17) is 15.3 Å². The van der Waals surface area contributed by atoms with Crippen molar-refractivity contribution in [2.24, 2.45) is 0 Å². The monoisotopic (exact) mass is 231 g/mol. The summed E-state index contributed by atoms with van der Waals surface area (Å²) in [5.74, 6) is 0. The van der Waals surface area contributed by atoms with Crippen LogP contribution in [0.5, 0.6) is 0 Å². The zero-order valence-electron chi connectivity index (χ0n) is 4.92. The second-order valence-corrected chi connectivity index (χ2v) is 0.238. The molecule has 6 heavy (non-hydrogen) atoms. The van der Waals surface area contributed by atoms with E-state index in [2.05, 4.69) is 0 Å². The average Bonchev–Trinajstić information content (AvgIpc) is 0.811. The summed E-state index contributed by atoms with van der Waals surface area (Å²) >= 11 is 0. The van der Waals surface area contributed by atoms with Gasteiger partial charge in [-0.25, -0.2) is 0 Å². The molecule has 0 aliphatic carbocycles. The summed E-state index contributed by atoms with van der Waals surface area (Å²) in [5, 5.41) is 13.6. The van der Waals surface area contributed by atoms with E-state index in [1.165, 1.54) is 0 Å². The number of hydrogen-bond acceptors (Lipinski definition) is 2. The van der Waals surface area contributed by atoms with Crippen molar-refractivity contribution in [3.05, 3.63) is 10.1 Å². The zero-order chi connectivity index (χ0) is 3.58. The molecule has 32 valence electrons. The molecule has 0 aromatic carbocycles. The SMILES string of the molecule is O=[N+]([O-])O.[H-].[H-].[Mg+2].[Nd]. The molecular weight excluding hydrogens is 231 g/mol. The molecule has 0 aliphatic rings. The summed E-state index contributed by atoms with van der Waals surface area (Å²) in [7, 11) is 0. The van der Waals surface area contributed by atoms with Gasteiger partial charge >= 0.3 is 23.1 Å². The van der Waals surface area contributed by atoms with Crippen LogP contribution in [0, 0.1) is 51.0 Å². The van der Waals surface area contributed by atoms with Crippen molar-refractivity contribution >= 4 is 23.1 Å². The van der Waals surface area contributed by atoms with E-state index in [0.29, 0.717) is 0 Å². The Morgan fingerprint density at radius 3 is 1.83 bits per heavy atom. The van der Waals surface area contributed by atoms with Crippen molar-refractivity contribution in [3.8, 4) is 0 Å². The summed E-state index contributed by atoms with van der Waals surface area (Å²) in [4.78, 5) is 8.36. The van der Waals surface area contributed by atoms with Crippen LogP contribution in [-0.4, -0.2) is 33.3 Å². The smallest absolute Gasteiger partial charge is 1.00 e. The standard InChI is InChI=1S/Mg.HNO3.Nd.2H/c;2-1(3)4;;;/h;(H,2,3,4);;;/q+2;;;2*-1. The molecule has 0 heterocycles. The van der Waals surface area contributed by atoms with Crippen LogP contribution >= 0.6 is 0 Å². The van der Waals surface area contributed by atoms with Gasteiger partial charge in [-0.05, 0) is 0 Å². The molecule has 0 atom stereocenters. The van der Waals surface area contributed by atoms with Gasteiger partial charge in [0.15, 0.2) is 0 Å². The summed E-state index contributed by atoms with van der Waals surface area (Å²) in [6.45, 7) is 0. The van der Waals surface area contributed by atoms with Crippen LogP contribution in [0.4, 0.5) is 0 Å². The minimum atomic E-state index is -1.50. The van der Waals surface area contributed by atoms with E-state index in [1.807, 2.05) is 0 Å². The first-order chi connectivity index (χ1) is 1.73. The van der Waals surface area contributed by atoms with Crippen LogP contribution in [0.1, 0.15) is 2.85 Å². The molecule has 0 bridgehead atoms. The Bertz CT molecular complexity index is 40.3. The van der Waals surface area contributed by atoms with Crippen molar-refractivity contribution in [1.29, 1.82) is 0 Å². The summed E-state index contributed by atoms with van der Waals surface area (Å²) < 4.78 is 0. The van der Waals surface area contributed by atoms with Crippen molar-refractivity contribution in [3.63, 3.8) is 0 Å². The van der Waals surface area contributed by atoms with E-state index in [9.17, 15) is 0 Å². The van der Waals surface area contributed by atoms with Crippen molar-refractivity contribution in [1.82, 2.24) is 0 Å². The van der Waals surface area contributed by atoms with Crippen LogP contribution in [-0.2, 0) is 0 Å². The summed E-state index contributed by atoms with van der Waals surface area (Å²) in [5.41, 5.74) is 0. The van der Waals surface area contributed by atoms with Crippen LogP contribution in [0.3, 0.4) is 0 Å². The third-order valence-corrected chi connectivity index (χ3v) is 0. The molecule has 0 unspecified atom stereocenters. The van der Waals surface area contributed by atoms with Gasteiger partial charge in [0.2, 0.25) is 0 Å². The number of hydrogen-bond donors (Lipinski definition) is 1. The fourth-order valence-electron chi connectivity index (χ4n) is 0. The van der Waals surface area contributed by atoms with E-state index in [0.717, 1.165) is 0 Å². The third kappa shape index (κ3) is 57.1. The van der Waals surface area contributed by atoms with Gasteiger partial charge in [0.1, 0.15) is 0 Å². The Balaban J connectivity index is -0.00000000750. The molecule has 6 heteroatoms. The van der Waals surface area contributed by atoms with Gasteiger partial charge in [0.05, 0.1) is 0 Å². The van der Waals surface area contributed by atoms with Crippen LogP contribution < -0.4 is 0 Å². The fourth-order valence-corrected chi connectivity index (χ4v) is 0. The molecule has 0 aromatic heterocycles. The molecule has 4 nitrogen and oxygen atoms in total. The second kappa shape index (κ2) is 9.58. The quantitative estimate of drug-likeness (QED) is 0.348. The van der Waals surface area contributed by atoms with Crippen LogP contribution in [0.2, 0.25) is 0 Å². The molecule has 0 saturated heterocycles. The molecule has 0 amide bonds. The van der Waals surface area contributed by atoms with Gasteiger partial charge in [-0.2, -0.15) is 0 Å². The average molecular weight is 234 g/mol. The molecule has 0 saturated carbocycles. The van der Waals surface area contributed by atoms with E-state index in [1.54, 1.807) is 0 Å². The number of rotatable bonds is 0. The Morgan fingerprint density at radius 1 is 1.83 bits per heavy atom. The summed E-state index contributed by atoms with van der Waals surface area (Å²) in [6, 6.07) is 0. The fraction of sp³-hybridized carbons (Fsp3) is 0. The largest absolute Gasteiger partial charge is 2.00 e. The molecule has 0 spiro atoms. The predicted molar refractivity (Wildman–Crippen MR) is 16.8 cm³/mol. The normalized spacial score (nSPS) is 4.00. The first-order valence-electron chi connectivity index (χ1n) is 0.565. The van der Waals surface area contributed by atoms with E-state index >= 15 is 0 Å². The van der Waals surface area contributed by atoms with Gasteiger partial charge in [0, 0.05) is 40.8 Å². The Kier molecular flexibility index (Phi) is 25.0. The number of nitrogens with zero attached hydrogens (tertiary/aromatic N) is 1. The zero-order valence-corrected chi connectivity index (χ0v) is 7.54. The molecule has 0 fully saturated rings. The predicted octanol–water partition coefficient (Wildman–Crippen LogP) is -0.504. The van der Waals surface area contributed by atoms with Gasteiger partial charge < -0.3 is 8.06 Å². The second-order valence-electron chi connectivity index (χ2n) is 0.238. The third-order valence-electron chi connectivity index (χ3n) is 0. The van der Waals surface area contributed by atoms with Crippen LogP contribution in [0.25, 0.3) is 0 Å². The van der Waals surface area contributed by atoms with E-state index < -0.39 is 5.09 Å². The summed E-state index contributed by atoms with van der Waals surface area (Å²) in [6.07, 6.45) is 0. The van der Waals surface area contributed by atoms with Gasteiger partial charge in [-0.15, -0.1) is 10.1 Å². The van der Waals surface area contributed by atoms with E-state index in [-0.39, 0.29) is 66.7 Å². The first-order valence-corrected chi connectivity index (χ1v) is 0.565. The minimum Gasteiger partial charge on any atom is -1.00 e. The molecule has 1 N–H and O–H groups in total. The first kappa shape index (κ1) is 15.7. The Labute approximate surface area is 86.0 Å². The maximum Gasteiger partial charge on any atom is 2.00 e.